The van der Waals surface area contributed by atoms with Crippen LogP contribution in [0.3, 0.4) is 0 Å². The van der Waals surface area contributed by atoms with E-state index >= 15 is 0 Å². The molecule has 0 saturated heterocycles. The lowest BCUT2D eigenvalue weighted by molar-refractivity contribution is 0.536. The fourth-order valence-corrected chi connectivity index (χ4v) is 0. The lowest BCUT2D eigenvalue weighted by Crippen LogP contribution is -2.03. The minimum absolute atomic E-state index is 1.49. The van der Waals surface area contributed by atoms with E-state index < -0.39 is 8.10 Å². The summed E-state index contributed by atoms with van der Waals surface area (Å²) < 4.78 is 11.5. The Bertz CT molecular complexity index is 62.6. The van der Waals surface area contributed by atoms with E-state index in [1.165, 1.54) is 4.67 Å². The monoisotopic (exact) mass is 108 g/mol. The predicted octanol–water partition coefficient (Wildman–Crippen LogP) is -0.104. The van der Waals surface area contributed by atoms with Crippen LogP contribution in [0.4, 0.5) is 0 Å². The van der Waals surface area contributed by atoms with Crippen LogP contribution in [-0.4, -0.2) is 18.8 Å². The van der Waals surface area contributed by atoms with Gasteiger partial charge in [0.05, 0.1) is 0 Å². The highest BCUT2D eigenvalue weighted by Gasteiger charge is 1.86. The molecule has 1 unspecified atom stereocenters. The van der Waals surface area contributed by atoms with Gasteiger partial charge in [0.2, 0.25) is 0 Å². The Morgan fingerprint density at radius 2 is 1.83 bits per heavy atom. The van der Waals surface area contributed by atoms with E-state index in [0.29, 0.717) is 0 Å². The number of rotatable bonds is 1. The van der Waals surface area contributed by atoms with E-state index in [2.05, 4.69) is 0 Å². The number of hydrogen-bond donors (Lipinski definition) is 1. The maximum Gasteiger partial charge on any atom is 0.199 e. The predicted molar refractivity (Wildman–Crippen MR) is 26.9 cm³/mol. The second-order valence-electron chi connectivity index (χ2n) is 1.23. The van der Waals surface area contributed by atoms with Gasteiger partial charge in [-0.15, -0.1) is 0 Å². The normalized spacial score (nSPS) is 15.3. The molecule has 0 bridgehead atoms. The zero-order valence-electron chi connectivity index (χ0n) is 3.93. The molecule has 0 aromatic heterocycles. The van der Waals surface area contributed by atoms with Crippen molar-refractivity contribution in [1.29, 1.82) is 0 Å². The molecule has 0 spiro atoms. The lowest BCUT2D eigenvalue weighted by Gasteiger charge is -2.00. The second kappa shape index (κ2) is 2.35. The van der Waals surface area contributed by atoms with Crippen molar-refractivity contribution >= 4 is 8.10 Å². The van der Waals surface area contributed by atoms with Gasteiger partial charge in [0.15, 0.2) is 8.10 Å². The topological polar surface area (TPSA) is 46.3 Å². The Kier molecular flexibility index (Phi) is 2.40. The average molecular weight is 108 g/mol. The van der Waals surface area contributed by atoms with Crippen LogP contribution < -0.4 is 5.50 Å². The molecule has 3 nitrogen and oxygen atoms in total. The first-order valence-corrected chi connectivity index (χ1v) is 3.04. The van der Waals surface area contributed by atoms with Gasteiger partial charge < -0.3 is 0 Å². The molecule has 0 saturated carbocycles. The zero-order chi connectivity index (χ0) is 5.15. The third-order valence-corrected chi connectivity index (χ3v) is 1.32. The fourth-order valence-electron chi connectivity index (χ4n) is 0. The molecule has 0 aliphatic heterocycles. The summed E-state index contributed by atoms with van der Waals surface area (Å²) in [5, 5.41) is 0. The van der Waals surface area contributed by atoms with Gasteiger partial charge in [-0.3, -0.25) is 14.7 Å². The Morgan fingerprint density at radius 1 is 1.67 bits per heavy atom. The van der Waals surface area contributed by atoms with Crippen LogP contribution in [0, 0.1) is 0 Å². The summed E-state index contributed by atoms with van der Waals surface area (Å²) in [6, 6.07) is 0. The first-order valence-electron chi connectivity index (χ1n) is 1.61. The van der Waals surface area contributed by atoms with Crippen LogP contribution in [0.2, 0.25) is 0 Å². The number of hydrogen-bond acceptors (Lipinski definition) is 1. The lowest BCUT2D eigenvalue weighted by atomic mass is 11.3. The maximum atomic E-state index is 10.0. The molecule has 4 heteroatoms. The van der Waals surface area contributed by atoms with Gasteiger partial charge in [0.1, 0.15) is 0 Å². The highest BCUT2D eigenvalue weighted by molar-refractivity contribution is 7.39. The molecule has 1 atom stereocenters. The fraction of sp³-hybridized carbons (Fsp3) is 1.00. The van der Waals surface area contributed by atoms with E-state index in [-0.39, 0.29) is 0 Å². The Balaban J connectivity index is 3.26. The number of nitrogens with zero attached hydrogens (tertiary/aromatic N) is 1. The largest absolute Gasteiger partial charge is 0.293 e. The van der Waals surface area contributed by atoms with Crippen LogP contribution in [0.15, 0.2) is 0 Å². The van der Waals surface area contributed by atoms with Gasteiger partial charge in [-0.2, -0.15) is 0 Å². The van der Waals surface area contributed by atoms with Crippen LogP contribution >= 0.6 is 8.10 Å². The van der Waals surface area contributed by atoms with Gasteiger partial charge >= 0.3 is 0 Å². The van der Waals surface area contributed by atoms with Crippen molar-refractivity contribution in [1.82, 2.24) is 4.67 Å². The summed E-state index contributed by atoms with van der Waals surface area (Å²) in [6.45, 7) is 0. The van der Waals surface area contributed by atoms with Crippen LogP contribution in [0.25, 0.3) is 0 Å². The van der Waals surface area contributed by atoms with E-state index in [4.69, 9.17) is 5.50 Å². The quantitative estimate of drug-likeness (QED) is 0.477. The molecule has 0 aliphatic rings. The highest BCUT2D eigenvalue weighted by atomic mass is 31.1. The summed E-state index contributed by atoms with van der Waals surface area (Å²) in [4.78, 5) is 0. The molecular weight excluding hydrogens is 99.0 g/mol. The molecule has 38 valence electrons. The standard InChI is InChI=1S/C2H9N2OP/c1-4(2)6(3)5/h6H,1-2H3,(H2,3,5). The van der Waals surface area contributed by atoms with Crippen molar-refractivity contribution in [3.05, 3.63) is 0 Å². The smallest absolute Gasteiger partial charge is 0.199 e. The molecule has 2 N–H and O–H groups in total. The first kappa shape index (κ1) is 6.15. The van der Waals surface area contributed by atoms with E-state index in [1.54, 1.807) is 14.1 Å². The van der Waals surface area contributed by atoms with Crippen molar-refractivity contribution in [3.8, 4) is 0 Å². The van der Waals surface area contributed by atoms with E-state index in [1.807, 2.05) is 0 Å². The first-order chi connectivity index (χ1) is 2.64. The van der Waals surface area contributed by atoms with Crippen LogP contribution in [-0.2, 0) is 4.57 Å². The minimum Gasteiger partial charge on any atom is -0.293 e. The summed E-state index contributed by atoms with van der Waals surface area (Å²) in [5.74, 6) is 0. The molecule has 0 aromatic rings. The SMILES string of the molecule is CN(C)[PH](N)=O. The molecule has 0 heterocycles. The van der Waals surface area contributed by atoms with E-state index in [9.17, 15) is 4.57 Å². The third kappa shape index (κ3) is 2.39. The highest BCUT2D eigenvalue weighted by Crippen LogP contribution is 2.08. The molecule has 0 amide bonds. The summed E-state index contributed by atoms with van der Waals surface area (Å²) in [7, 11) is 1.50. The molecule has 0 fully saturated rings. The Morgan fingerprint density at radius 3 is 1.83 bits per heavy atom. The van der Waals surface area contributed by atoms with E-state index in [0.717, 1.165) is 0 Å². The van der Waals surface area contributed by atoms with Gasteiger partial charge in [0, 0.05) is 0 Å². The third-order valence-electron chi connectivity index (χ3n) is 0.441. The van der Waals surface area contributed by atoms with Crippen LogP contribution in [0.1, 0.15) is 0 Å². The Labute approximate surface area is 38.0 Å². The summed E-state index contributed by atoms with van der Waals surface area (Å²) in [5.41, 5.74) is 4.91. The average Bonchev–Trinajstić information content (AvgIpc) is 1.36. The minimum atomic E-state index is -1.87. The van der Waals surface area contributed by atoms with Crippen molar-refractivity contribution in [2.75, 3.05) is 14.1 Å². The molecule has 6 heavy (non-hydrogen) atoms. The maximum absolute atomic E-state index is 10.0. The van der Waals surface area contributed by atoms with Crippen molar-refractivity contribution < 1.29 is 4.57 Å². The molecule has 0 aromatic carbocycles. The molecule has 0 radical (unpaired) electrons. The second-order valence-corrected chi connectivity index (χ2v) is 2.80. The summed E-state index contributed by atoms with van der Waals surface area (Å²) in [6.07, 6.45) is 0. The van der Waals surface area contributed by atoms with Crippen LogP contribution in [0.5, 0.6) is 0 Å². The van der Waals surface area contributed by atoms with Gasteiger partial charge in [-0.05, 0) is 14.1 Å². The number of nitrogens with two attached hydrogens (primary N) is 1. The molecular formula is C2H9N2OP. The van der Waals surface area contributed by atoms with Gasteiger partial charge in [-0.25, -0.2) is 0 Å². The molecule has 0 aliphatic carbocycles. The Hall–Kier alpha value is 0.150. The molecule has 0 rings (SSSR count). The van der Waals surface area contributed by atoms with Gasteiger partial charge in [-0.1, -0.05) is 0 Å². The van der Waals surface area contributed by atoms with Crippen molar-refractivity contribution in [3.63, 3.8) is 0 Å². The van der Waals surface area contributed by atoms with Crippen molar-refractivity contribution in [2.45, 2.75) is 0 Å². The summed E-state index contributed by atoms with van der Waals surface area (Å²) >= 11 is 0. The van der Waals surface area contributed by atoms with Gasteiger partial charge in [0.25, 0.3) is 0 Å². The zero-order valence-corrected chi connectivity index (χ0v) is 4.93. The van der Waals surface area contributed by atoms with Crippen molar-refractivity contribution in [2.24, 2.45) is 5.50 Å².